The molecule has 0 aliphatic heterocycles. The van der Waals surface area contributed by atoms with E-state index in [-0.39, 0.29) is 0 Å². The molecule has 0 aliphatic carbocycles. The third-order valence-corrected chi connectivity index (χ3v) is 1.80. The number of nitrogens with zero attached hydrogens (tertiary/aromatic N) is 3. The molecule has 68 valence electrons. The van der Waals surface area contributed by atoms with Crippen LogP contribution in [0.1, 0.15) is 12.6 Å². The molecule has 0 spiro atoms. The quantitative estimate of drug-likeness (QED) is 0.753. The van der Waals surface area contributed by atoms with Crippen molar-refractivity contribution in [3.8, 4) is 0 Å². The summed E-state index contributed by atoms with van der Waals surface area (Å²) >= 11 is 0. The molecule has 0 amide bonds. The van der Waals surface area contributed by atoms with Gasteiger partial charge in [-0.1, -0.05) is 0 Å². The zero-order valence-electron chi connectivity index (χ0n) is 7.78. The molecule has 0 fully saturated rings. The van der Waals surface area contributed by atoms with Crippen LogP contribution in [-0.2, 0) is 0 Å². The molecule has 0 aromatic carbocycles. The van der Waals surface area contributed by atoms with Crippen molar-refractivity contribution in [3.63, 3.8) is 0 Å². The fourth-order valence-corrected chi connectivity index (χ4v) is 1.28. The predicted molar refractivity (Wildman–Crippen MR) is 51.9 cm³/mol. The van der Waals surface area contributed by atoms with Crippen molar-refractivity contribution in [1.82, 2.24) is 14.6 Å². The molecule has 13 heavy (non-hydrogen) atoms. The number of hydrogen-bond donors (Lipinski definition) is 1. The summed E-state index contributed by atoms with van der Waals surface area (Å²) in [5.74, 6) is 0.898. The van der Waals surface area contributed by atoms with Gasteiger partial charge in [0.1, 0.15) is 5.82 Å². The van der Waals surface area contributed by atoms with Crippen LogP contribution in [0.2, 0.25) is 0 Å². The Hall–Kier alpha value is -1.58. The smallest absolute Gasteiger partial charge is 0.157 e. The van der Waals surface area contributed by atoms with Gasteiger partial charge in [0.05, 0.1) is 5.69 Å². The monoisotopic (exact) mass is 176 g/mol. The first kappa shape index (κ1) is 8.04. The van der Waals surface area contributed by atoms with Crippen LogP contribution < -0.4 is 5.32 Å². The molecular weight excluding hydrogens is 164 g/mol. The summed E-state index contributed by atoms with van der Waals surface area (Å²) in [5, 5.41) is 7.40. The SMILES string of the molecule is CCNc1ccn2nc(C)cc2n1. The molecular formula is C9H12N4. The Morgan fingerprint density at radius 3 is 3.15 bits per heavy atom. The highest BCUT2D eigenvalue weighted by atomic mass is 15.3. The fraction of sp³-hybridized carbons (Fsp3) is 0.333. The normalized spacial score (nSPS) is 10.6. The number of aryl methyl sites for hydroxylation is 1. The maximum Gasteiger partial charge on any atom is 0.157 e. The topological polar surface area (TPSA) is 42.2 Å². The number of fused-ring (bicyclic) bond motifs is 1. The van der Waals surface area contributed by atoms with Gasteiger partial charge in [-0.3, -0.25) is 0 Å². The van der Waals surface area contributed by atoms with Crippen molar-refractivity contribution in [2.24, 2.45) is 0 Å². The summed E-state index contributed by atoms with van der Waals surface area (Å²) in [4.78, 5) is 4.38. The summed E-state index contributed by atoms with van der Waals surface area (Å²) in [6.45, 7) is 4.89. The van der Waals surface area contributed by atoms with Crippen LogP contribution in [0.3, 0.4) is 0 Å². The Kier molecular flexibility index (Phi) is 1.88. The van der Waals surface area contributed by atoms with Gasteiger partial charge in [0, 0.05) is 18.8 Å². The summed E-state index contributed by atoms with van der Waals surface area (Å²) in [7, 11) is 0. The fourth-order valence-electron chi connectivity index (χ4n) is 1.28. The van der Waals surface area contributed by atoms with Crippen molar-refractivity contribution in [2.45, 2.75) is 13.8 Å². The first-order valence-electron chi connectivity index (χ1n) is 4.36. The molecule has 2 heterocycles. The van der Waals surface area contributed by atoms with Gasteiger partial charge in [-0.05, 0) is 19.9 Å². The van der Waals surface area contributed by atoms with E-state index in [9.17, 15) is 0 Å². The van der Waals surface area contributed by atoms with Crippen LogP contribution in [0, 0.1) is 6.92 Å². The lowest BCUT2D eigenvalue weighted by atomic mass is 10.5. The molecule has 0 unspecified atom stereocenters. The maximum absolute atomic E-state index is 4.38. The zero-order chi connectivity index (χ0) is 9.26. The molecule has 4 heteroatoms. The van der Waals surface area contributed by atoms with Crippen LogP contribution in [0.5, 0.6) is 0 Å². The van der Waals surface area contributed by atoms with E-state index in [0.29, 0.717) is 0 Å². The van der Waals surface area contributed by atoms with E-state index in [4.69, 9.17) is 0 Å². The van der Waals surface area contributed by atoms with E-state index in [1.54, 1.807) is 4.52 Å². The lowest BCUT2D eigenvalue weighted by Crippen LogP contribution is -2.00. The lowest BCUT2D eigenvalue weighted by Gasteiger charge is -2.00. The van der Waals surface area contributed by atoms with Crippen molar-refractivity contribution >= 4 is 11.5 Å². The highest BCUT2D eigenvalue weighted by molar-refractivity contribution is 5.46. The highest BCUT2D eigenvalue weighted by Gasteiger charge is 1.99. The second-order valence-corrected chi connectivity index (χ2v) is 2.93. The number of nitrogens with one attached hydrogen (secondary N) is 1. The standard InChI is InChI=1S/C9H12N4/c1-3-10-8-4-5-13-9(11-8)6-7(2)12-13/h4-6H,3H2,1-2H3,(H,10,11). The molecule has 4 nitrogen and oxygen atoms in total. The van der Waals surface area contributed by atoms with E-state index >= 15 is 0 Å². The number of anilines is 1. The minimum atomic E-state index is 0.885. The van der Waals surface area contributed by atoms with Crippen molar-refractivity contribution in [2.75, 3.05) is 11.9 Å². The van der Waals surface area contributed by atoms with Gasteiger partial charge in [0.25, 0.3) is 0 Å². The second kappa shape index (κ2) is 3.05. The molecule has 2 rings (SSSR count). The molecule has 0 aliphatic rings. The summed E-state index contributed by atoms with van der Waals surface area (Å²) in [5.41, 5.74) is 1.87. The second-order valence-electron chi connectivity index (χ2n) is 2.93. The van der Waals surface area contributed by atoms with Gasteiger partial charge in [-0.15, -0.1) is 0 Å². The van der Waals surface area contributed by atoms with Gasteiger partial charge in [0.15, 0.2) is 5.65 Å². The first-order chi connectivity index (χ1) is 6.29. The van der Waals surface area contributed by atoms with Crippen molar-refractivity contribution in [1.29, 1.82) is 0 Å². The van der Waals surface area contributed by atoms with Crippen LogP contribution in [0.4, 0.5) is 5.82 Å². The molecule has 2 aromatic heterocycles. The number of hydrogen-bond acceptors (Lipinski definition) is 3. The summed E-state index contributed by atoms with van der Waals surface area (Å²) in [6.07, 6.45) is 1.91. The van der Waals surface area contributed by atoms with E-state index in [0.717, 1.165) is 23.7 Å². The zero-order valence-corrected chi connectivity index (χ0v) is 7.78. The molecule has 0 saturated heterocycles. The minimum Gasteiger partial charge on any atom is -0.370 e. The predicted octanol–water partition coefficient (Wildman–Crippen LogP) is 1.47. The number of aromatic nitrogens is 3. The van der Waals surface area contributed by atoms with Gasteiger partial charge < -0.3 is 5.32 Å². The van der Waals surface area contributed by atoms with Gasteiger partial charge in [0.2, 0.25) is 0 Å². The van der Waals surface area contributed by atoms with Gasteiger partial charge >= 0.3 is 0 Å². The third kappa shape index (κ3) is 1.47. The molecule has 1 N–H and O–H groups in total. The van der Waals surface area contributed by atoms with Crippen LogP contribution >= 0.6 is 0 Å². The van der Waals surface area contributed by atoms with E-state index in [1.165, 1.54) is 0 Å². The average Bonchev–Trinajstić information content (AvgIpc) is 2.44. The third-order valence-electron chi connectivity index (χ3n) is 1.80. The van der Waals surface area contributed by atoms with Crippen molar-refractivity contribution < 1.29 is 0 Å². The maximum atomic E-state index is 4.38. The van der Waals surface area contributed by atoms with E-state index in [2.05, 4.69) is 15.4 Å². The average molecular weight is 176 g/mol. The minimum absolute atomic E-state index is 0.885. The first-order valence-corrected chi connectivity index (χ1v) is 4.36. The van der Waals surface area contributed by atoms with Crippen molar-refractivity contribution in [3.05, 3.63) is 24.0 Å². The Labute approximate surface area is 76.6 Å². The van der Waals surface area contributed by atoms with Gasteiger partial charge in [-0.25, -0.2) is 9.50 Å². The Morgan fingerprint density at radius 2 is 2.38 bits per heavy atom. The highest BCUT2D eigenvalue weighted by Crippen LogP contribution is 2.07. The van der Waals surface area contributed by atoms with Crippen LogP contribution in [-0.4, -0.2) is 21.1 Å². The van der Waals surface area contributed by atoms with Crippen LogP contribution in [0.25, 0.3) is 5.65 Å². The van der Waals surface area contributed by atoms with Crippen LogP contribution in [0.15, 0.2) is 18.3 Å². The largest absolute Gasteiger partial charge is 0.370 e. The summed E-state index contributed by atoms with van der Waals surface area (Å²) < 4.78 is 1.77. The Bertz CT molecular complexity index is 418. The van der Waals surface area contributed by atoms with Gasteiger partial charge in [-0.2, -0.15) is 5.10 Å². The molecule has 0 saturated carbocycles. The molecule has 0 bridgehead atoms. The molecule has 0 atom stereocenters. The molecule has 2 aromatic rings. The molecule has 0 radical (unpaired) electrons. The Morgan fingerprint density at radius 1 is 1.54 bits per heavy atom. The lowest BCUT2D eigenvalue weighted by molar-refractivity contribution is 0.916. The van der Waals surface area contributed by atoms with E-state index in [1.807, 2.05) is 32.2 Å². The number of rotatable bonds is 2. The summed E-state index contributed by atoms with van der Waals surface area (Å²) in [6, 6.07) is 3.88. The Balaban J connectivity index is 2.48. The van der Waals surface area contributed by atoms with E-state index < -0.39 is 0 Å².